The molecule has 4 aromatic rings. The SMILES string of the molecule is CCc1nc2ccc(N3CCC(N4CCOCC4)C3)nn2c1N(C)c1nc(-c2ccc(F)cc2)c(C#N)s1. The second-order valence-electron chi connectivity index (χ2n) is 9.59. The van der Waals surface area contributed by atoms with E-state index in [0.717, 1.165) is 75.2 Å². The Bertz CT molecular complexity index is 1490. The number of nitrogens with zero attached hydrogens (tertiary/aromatic N) is 8. The number of halogens is 1. The lowest BCUT2D eigenvalue weighted by molar-refractivity contribution is 0.0209. The van der Waals surface area contributed by atoms with Crippen molar-refractivity contribution in [2.75, 3.05) is 56.2 Å². The fraction of sp³-hybridized carbons (Fsp3) is 0.407. The van der Waals surface area contributed by atoms with Crippen molar-refractivity contribution in [1.82, 2.24) is 24.5 Å². The van der Waals surface area contributed by atoms with Crippen LogP contribution in [0, 0.1) is 17.1 Å². The molecule has 2 aliphatic rings. The zero-order chi connectivity index (χ0) is 26.2. The standard InChI is InChI=1S/C27H29FN8OS/c1-3-21-26(33(2)27-31-25(22(16-29)38-27)18-4-6-19(28)7-5-18)36-23(30-21)8-9-24(32-36)35-11-10-20(17-35)34-12-14-37-15-13-34/h4-9,20H,3,10-15,17H2,1-2H3. The number of imidazole rings is 1. The molecule has 2 fully saturated rings. The Labute approximate surface area is 224 Å². The van der Waals surface area contributed by atoms with Crippen LogP contribution in [0.3, 0.4) is 0 Å². The predicted molar refractivity (Wildman–Crippen MR) is 146 cm³/mol. The van der Waals surface area contributed by atoms with Gasteiger partial charge in [-0.25, -0.2) is 14.4 Å². The molecule has 6 rings (SSSR count). The van der Waals surface area contributed by atoms with Crippen molar-refractivity contribution in [3.05, 3.63) is 52.8 Å². The van der Waals surface area contributed by atoms with Crippen LogP contribution in [-0.4, -0.2) is 77.0 Å². The van der Waals surface area contributed by atoms with Gasteiger partial charge in [-0.05, 0) is 49.2 Å². The average Bonchev–Trinajstić information content (AvgIpc) is 3.70. The minimum absolute atomic E-state index is 0.325. The number of ether oxygens (including phenoxy) is 1. The maximum Gasteiger partial charge on any atom is 0.192 e. The third-order valence-corrected chi connectivity index (χ3v) is 8.37. The Morgan fingerprint density at radius 1 is 1.13 bits per heavy atom. The van der Waals surface area contributed by atoms with E-state index in [0.29, 0.717) is 27.3 Å². The molecule has 2 aliphatic heterocycles. The third-order valence-electron chi connectivity index (χ3n) is 7.33. The first-order valence-electron chi connectivity index (χ1n) is 12.9. The van der Waals surface area contributed by atoms with E-state index >= 15 is 0 Å². The molecule has 0 N–H and O–H groups in total. The van der Waals surface area contributed by atoms with Crippen LogP contribution >= 0.6 is 11.3 Å². The van der Waals surface area contributed by atoms with Crippen LogP contribution in [0.2, 0.25) is 0 Å². The number of benzene rings is 1. The number of fused-ring (bicyclic) bond motifs is 1. The van der Waals surface area contributed by atoms with Gasteiger partial charge in [0.25, 0.3) is 0 Å². The number of morpholine rings is 1. The van der Waals surface area contributed by atoms with Gasteiger partial charge in [-0.2, -0.15) is 9.78 Å². The number of aromatic nitrogens is 4. The number of rotatable bonds is 6. The molecule has 196 valence electrons. The van der Waals surface area contributed by atoms with E-state index in [9.17, 15) is 9.65 Å². The summed E-state index contributed by atoms with van der Waals surface area (Å²) in [5.41, 5.74) is 2.93. The van der Waals surface area contributed by atoms with Crippen LogP contribution < -0.4 is 9.80 Å². The molecule has 1 unspecified atom stereocenters. The summed E-state index contributed by atoms with van der Waals surface area (Å²) in [6.07, 6.45) is 1.83. The third kappa shape index (κ3) is 4.49. The van der Waals surface area contributed by atoms with Crippen LogP contribution in [0.5, 0.6) is 0 Å². The number of nitriles is 1. The average molecular weight is 533 g/mol. The molecule has 9 nitrogen and oxygen atoms in total. The fourth-order valence-corrected chi connectivity index (χ4v) is 6.16. The first-order valence-corrected chi connectivity index (χ1v) is 13.7. The van der Waals surface area contributed by atoms with Crippen molar-refractivity contribution < 1.29 is 9.13 Å². The largest absolute Gasteiger partial charge is 0.379 e. The van der Waals surface area contributed by atoms with Crippen LogP contribution in [-0.2, 0) is 11.2 Å². The van der Waals surface area contributed by atoms with Crippen LogP contribution in [0.1, 0.15) is 23.9 Å². The van der Waals surface area contributed by atoms with Crippen molar-refractivity contribution in [2.24, 2.45) is 0 Å². The molecule has 0 saturated carbocycles. The Kier molecular flexibility index (Phi) is 6.69. The molecular weight excluding hydrogens is 503 g/mol. The predicted octanol–water partition coefficient (Wildman–Crippen LogP) is 4.10. The molecule has 0 amide bonds. The molecular formula is C27H29FN8OS. The summed E-state index contributed by atoms with van der Waals surface area (Å²) in [4.78, 5) is 16.9. The summed E-state index contributed by atoms with van der Waals surface area (Å²) in [5, 5.41) is 15.5. The number of aryl methyl sites for hydroxylation is 1. The molecule has 11 heteroatoms. The maximum absolute atomic E-state index is 13.5. The van der Waals surface area contributed by atoms with Gasteiger partial charge in [0, 0.05) is 44.8 Å². The molecule has 2 saturated heterocycles. The molecule has 1 atom stereocenters. The maximum atomic E-state index is 13.5. The molecule has 38 heavy (non-hydrogen) atoms. The quantitative estimate of drug-likeness (QED) is 0.367. The van der Waals surface area contributed by atoms with Gasteiger partial charge >= 0.3 is 0 Å². The Morgan fingerprint density at radius 2 is 1.92 bits per heavy atom. The highest BCUT2D eigenvalue weighted by molar-refractivity contribution is 7.16. The summed E-state index contributed by atoms with van der Waals surface area (Å²) in [6, 6.07) is 12.9. The molecule has 0 bridgehead atoms. The minimum atomic E-state index is -0.325. The highest BCUT2D eigenvalue weighted by Gasteiger charge is 2.30. The van der Waals surface area contributed by atoms with Gasteiger partial charge in [0.2, 0.25) is 0 Å². The number of anilines is 3. The van der Waals surface area contributed by atoms with Crippen LogP contribution in [0.25, 0.3) is 16.9 Å². The van der Waals surface area contributed by atoms with Crippen molar-refractivity contribution in [1.29, 1.82) is 5.26 Å². The number of thiazole rings is 1. The lowest BCUT2D eigenvalue weighted by Gasteiger charge is -2.32. The Hall–Kier alpha value is -3.59. The Morgan fingerprint density at radius 3 is 2.66 bits per heavy atom. The second kappa shape index (κ2) is 10.3. The summed E-state index contributed by atoms with van der Waals surface area (Å²) in [6.45, 7) is 7.55. The zero-order valence-electron chi connectivity index (χ0n) is 21.5. The van der Waals surface area contributed by atoms with E-state index in [-0.39, 0.29) is 5.82 Å². The van der Waals surface area contributed by atoms with Gasteiger partial charge in [0.1, 0.15) is 28.3 Å². The number of hydrogen-bond acceptors (Lipinski definition) is 9. The fourth-order valence-electron chi connectivity index (χ4n) is 5.31. The minimum Gasteiger partial charge on any atom is -0.379 e. The molecule has 5 heterocycles. The van der Waals surface area contributed by atoms with E-state index in [2.05, 4.69) is 28.9 Å². The highest BCUT2D eigenvalue weighted by Crippen LogP contribution is 2.37. The van der Waals surface area contributed by atoms with E-state index in [4.69, 9.17) is 19.8 Å². The van der Waals surface area contributed by atoms with E-state index in [1.165, 1.54) is 23.5 Å². The molecule has 0 spiro atoms. The van der Waals surface area contributed by atoms with Crippen LogP contribution in [0.4, 0.5) is 21.2 Å². The van der Waals surface area contributed by atoms with Crippen molar-refractivity contribution >= 4 is 33.8 Å². The molecule has 0 radical (unpaired) electrons. The number of hydrogen-bond donors (Lipinski definition) is 0. The van der Waals surface area contributed by atoms with Gasteiger partial charge in [-0.15, -0.1) is 5.10 Å². The van der Waals surface area contributed by atoms with E-state index < -0.39 is 0 Å². The lowest BCUT2D eigenvalue weighted by atomic mass is 10.1. The molecule has 1 aromatic carbocycles. The normalized spacial score (nSPS) is 18.3. The van der Waals surface area contributed by atoms with Gasteiger partial charge in [-0.1, -0.05) is 18.3 Å². The Balaban J connectivity index is 1.33. The monoisotopic (exact) mass is 532 g/mol. The van der Waals surface area contributed by atoms with Crippen molar-refractivity contribution in [3.63, 3.8) is 0 Å². The second-order valence-corrected chi connectivity index (χ2v) is 10.6. The van der Waals surface area contributed by atoms with E-state index in [1.54, 1.807) is 12.1 Å². The van der Waals surface area contributed by atoms with Gasteiger partial charge in [0.05, 0.1) is 18.9 Å². The van der Waals surface area contributed by atoms with Crippen molar-refractivity contribution in [3.8, 4) is 17.3 Å². The summed E-state index contributed by atoms with van der Waals surface area (Å²) in [7, 11) is 1.93. The first-order chi connectivity index (χ1) is 18.6. The highest BCUT2D eigenvalue weighted by atomic mass is 32.1. The van der Waals surface area contributed by atoms with E-state index in [1.807, 2.05) is 22.5 Å². The van der Waals surface area contributed by atoms with Gasteiger partial charge in [-0.3, -0.25) is 4.90 Å². The zero-order valence-corrected chi connectivity index (χ0v) is 22.3. The first kappa shape index (κ1) is 24.7. The van der Waals surface area contributed by atoms with Crippen molar-refractivity contribution in [2.45, 2.75) is 25.8 Å². The summed E-state index contributed by atoms with van der Waals surface area (Å²) in [5.74, 6) is 1.43. The summed E-state index contributed by atoms with van der Waals surface area (Å²) >= 11 is 1.30. The van der Waals surface area contributed by atoms with Gasteiger partial charge in [0.15, 0.2) is 16.6 Å². The molecule has 0 aliphatic carbocycles. The van der Waals surface area contributed by atoms with Crippen LogP contribution in [0.15, 0.2) is 36.4 Å². The summed E-state index contributed by atoms with van der Waals surface area (Å²) < 4.78 is 20.9. The molecule has 3 aromatic heterocycles. The topological polar surface area (TPSA) is 85.8 Å². The lowest BCUT2D eigenvalue weighted by Crippen LogP contribution is -2.44. The smallest absolute Gasteiger partial charge is 0.192 e. The van der Waals surface area contributed by atoms with Gasteiger partial charge < -0.3 is 14.5 Å².